The standard InChI is InChI=1S/C9H12N.C2H2F3NO.Os/c1-8(10)7-9-5-3-2-4-6-9;3-2(4,5)1(6)7;/h3-6,8H,7,10H2,1H3;(H2,6,7);/q;;+1/p-1/t8-;;/m1../s1. The molecule has 0 bridgehead atoms. The van der Waals surface area contributed by atoms with Crippen LogP contribution in [0, 0.1) is 0 Å². The first-order chi connectivity index (χ1) is 8.29. The molecule has 0 unspecified atom stereocenters. The Hall–Kier alpha value is -0.924. The van der Waals surface area contributed by atoms with Gasteiger partial charge in [-0.15, -0.1) is 0 Å². The van der Waals surface area contributed by atoms with E-state index in [-0.39, 0.29) is 6.04 Å². The number of hydrogen-bond acceptors (Lipinski definition) is 2. The molecule has 0 aliphatic rings. The molecule has 102 valence electrons. The van der Waals surface area contributed by atoms with Crippen molar-refractivity contribution in [3.63, 3.8) is 0 Å². The van der Waals surface area contributed by atoms with Crippen molar-refractivity contribution in [2.24, 2.45) is 5.73 Å². The van der Waals surface area contributed by atoms with E-state index in [2.05, 4.69) is 0 Å². The van der Waals surface area contributed by atoms with Gasteiger partial charge in [-0.25, -0.2) is 0 Å². The average Bonchev–Trinajstić information content (AvgIpc) is 2.25. The van der Waals surface area contributed by atoms with Crippen LogP contribution in [0.5, 0.6) is 0 Å². The molecule has 0 aliphatic carbocycles. The molecule has 0 saturated heterocycles. The van der Waals surface area contributed by atoms with Gasteiger partial charge < -0.3 is 0 Å². The molecule has 7 heteroatoms. The van der Waals surface area contributed by atoms with Crippen LogP contribution in [0.4, 0.5) is 13.2 Å². The van der Waals surface area contributed by atoms with E-state index in [0.29, 0.717) is 0 Å². The second-order valence-electron chi connectivity index (χ2n) is 3.80. The van der Waals surface area contributed by atoms with Crippen LogP contribution in [0.2, 0.25) is 0 Å². The van der Waals surface area contributed by atoms with Gasteiger partial charge in [-0.3, -0.25) is 0 Å². The topological polar surface area (TPSA) is 55.1 Å². The first kappa shape index (κ1) is 15.1. The van der Waals surface area contributed by atoms with Crippen LogP contribution in [0.1, 0.15) is 12.5 Å². The number of alkyl halides is 3. The number of halogens is 3. The molecule has 3 nitrogen and oxygen atoms in total. The van der Waals surface area contributed by atoms with E-state index in [0.717, 1.165) is 16.1 Å². The molecule has 1 rings (SSSR count). The van der Waals surface area contributed by atoms with Gasteiger partial charge in [0.05, 0.1) is 0 Å². The summed E-state index contributed by atoms with van der Waals surface area (Å²) in [5.74, 6) is -1.87. The number of nitrogens with two attached hydrogens (primary N) is 1. The summed E-state index contributed by atoms with van der Waals surface area (Å²) in [5.41, 5.74) is 6.67. The van der Waals surface area contributed by atoms with E-state index in [1.807, 2.05) is 23.1 Å². The number of rotatable bonds is 4. The molecule has 18 heavy (non-hydrogen) atoms. The molecule has 1 aromatic rings. The van der Waals surface area contributed by atoms with Gasteiger partial charge in [0.15, 0.2) is 0 Å². The van der Waals surface area contributed by atoms with Gasteiger partial charge in [0.25, 0.3) is 0 Å². The van der Waals surface area contributed by atoms with Gasteiger partial charge in [-0.05, 0) is 0 Å². The number of benzene rings is 1. The summed E-state index contributed by atoms with van der Waals surface area (Å²) < 4.78 is 38.6. The number of carbonyl (C=O) groups excluding carboxylic acids is 1. The SMILES string of the molecule is C[C@@H](N)Cc1cc[c]([Os][NH]C(=O)C(F)(F)F)cc1. The zero-order chi connectivity index (χ0) is 13.8. The number of carbonyl (C=O) groups is 1. The van der Waals surface area contributed by atoms with Crippen LogP contribution in [0.3, 0.4) is 0 Å². The second kappa shape index (κ2) is 6.30. The number of amides is 1. The molecule has 0 fully saturated rings. The Morgan fingerprint density at radius 1 is 1.39 bits per heavy atom. The first-order valence-electron chi connectivity index (χ1n) is 5.12. The monoisotopic (exact) mass is 438 g/mol. The summed E-state index contributed by atoms with van der Waals surface area (Å²) in [5, 5.41) is 0. The van der Waals surface area contributed by atoms with Gasteiger partial charge in [-0.2, -0.15) is 0 Å². The maximum atomic E-state index is 12.0. The summed E-state index contributed by atoms with van der Waals surface area (Å²) >= 11 is -1.43. The number of nitrogens with one attached hydrogen (secondary N) is 1. The van der Waals surface area contributed by atoms with E-state index in [1.165, 1.54) is 0 Å². The molecule has 1 amide bonds. The Labute approximate surface area is 111 Å². The Morgan fingerprint density at radius 2 is 1.94 bits per heavy atom. The Balaban J connectivity index is 2.52. The van der Waals surface area contributed by atoms with E-state index < -0.39 is 29.7 Å². The van der Waals surface area contributed by atoms with Crippen LogP contribution < -0.4 is 13.9 Å². The van der Waals surface area contributed by atoms with Gasteiger partial charge >= 0.3 is 111 Å². The van der Waals surface area contributed by atoms with E-state index in [1.54, 1.807) is 12.1 Å². The van der Waals surface area contributed by atoms with E-state index in [9.17, 15) is 18.0 Å². The summed E-state index contributed by atoms with van der Waals surface area (Å²) in [6.45, 7) is 1.88. The zero-order valence-corrected chi connectivity index (χ0v) is 12.1. The predicted octanol–water partition coefficient (Wildman–Crippen LogP) is 0.878. The third kappa shape index (κ3) is 5.15. The van der Waals surface area contributed by atoms with Crippen LogP contribution >= 0.6 is 0 Å². The average molecular weight is 436 g/mol. The molecule has 0 saturated carbocycles. The predicted molar refractivity (Wildman–Crippen MR) is 57.6 cm³/mol. The molecule has 0 heterocycles. The third-order valence-corrected chi connectivity index (χ3v) is 4.42. The maximum absolute atomic E-state index is 12.0. The summed E-state index contributed by atoms with van der Waals surface area (Å²) in [7, 11) is 0. The van der Waals surface area contributed by atoms with Crippen molar-refractivity contribution in [1.29, 1.82) is 0 Å². The summed E-state index contributed by atoms with van der Waals surface area (Å²) in [4.78, 5) is 10.6. The molecule has 3 N–H and O–H groups in total. The zero-order valence-electron chi connectivity index (χ0n) is 9.57. The molecule has 0 aromatic heterocycles. The third-order valence-electron chi connectivity index (χ3n) is 1.95. The molecule has 0 aliphatic heterocycles. The van der Waals surface area contributed by atoms with Crippen molar-refractivity contribution in [2.45, 2.75) is 25.6 Å². The second-order valence-corrected chi connectivity index (χ2v) is 6.53. The van der Waals surface area contributed by atoms with Crippen molar-refractivity contribution >= 4 is 10.0 Å². The first-order valence-corrected chi connectivity index (χ1v) is 7.66. The summed E-state index contributed by atoms with van der Waals surface area (Å²) in [6, 6.07) is 7.16. The van der Waals surface area contributed by atoms with Crippen molar-refractivity contribution in [3.8, 4) is 0 Å². The molecule has 1 aromatic carbocycles. The quantitative estimate of drug-likeness (QED) is 0.737. The minimum absolute atomic E-state index is 0.0398. The van der Waals surface area contributed by atoms with Crippen molar-refractivity contribution < 1.29 is 35.6 Å². The Morgan fingerprint density at radius 3 is 2.39 bits per heavy atom. The van der Waals surface area contributed by atoms with Crippen LogP contribution in [0.15, 0.2) is 24.3 Å². The van der Waals surface area contributed by atoms with Gasteiger partial charge in [-0.1, -0.05) is 0 Å². The molecule has 0 radical (unpaired) electrons. The van der Waals surface area contributed by atoms with Crippen molar-refractivity contribution in [2.75, 3.05) is 0 Å². The van der Waals surface area contributed by atoms with Crippen molar-refractivity contribution in [3.05, 3.63) is 29.8 Å². The van der Waals surface area contributed by atoms with Gasteiger partial charge in [0.2, 0.25) is 0 Å². The summed E-state index contributed by atoms with van der Waals surface area (Å²) in [6.07, 6.45) is -4.08. The normalized spacial score (nSPS) is 13.4. The van der Waals surface area contributed by atoms with Gasteiger partial charge in [0, 0.05) is 0 Å². The number of hydrogen-bond donors (Lipinski definition) is 2. The Bertz CT molecular complexity index is 404. The molecular formula is C11H13F3N2OOs. The fraction of sp³-hybridized carbons (Fsp3) is 0.364. The Kier molecular flexibility index (Phi) is 5.30. The van der Waals surface area contributed by atoms with Crippen LogP contribution in [-0.4, -0.2) is 18.1 Å². The minimum atomic E-state index is -4.80. The molecular weight excluding hydrogens is 423 g/mol. The molecule has 0 spiro atoms. The molecule has 1 atom stereocenters. The van der Waals surface area contributed by atoms with Gasteiger partial charge in [0.1, 0.15) is 0 Å². The van der Waals surface area contributed by atoms with Crippen LogP contribution in [0.25, 0.3) is 0 Å². The van der Waals surface area contributed by atoms with E-state index >= 15 is 0 Å². The fourth-order valence-electron chi connectivity index (χ4n) is 1.19. The van der Waals surface area contributed by atoms with Crippen molar-refractivity contribution in [1.82, 2.24) is 4.02 Å². The van der Waals surface area contributed by atoms with Crippen LogP contribution in [-0.2, 0) is 28.9 Å². The fourth-order valence-corrected chi connectivity index (χ4v) is 3.05. The van der Waals surface area contributed by atoms with E-state index in [4.69, 9.17) is 5.73 Å².